The first-order valence-corrected chi connectivity index (χ1v) is 11.0. The van der Waals surface area contributed by atoms with E-state index in [0.717, 1.165) is 37.8 Å². The molecular weight excluding hydrogens is 447 g/mol. The molecule has 0 saturated heterocycles. The quantitative estimate of drug-likeness (QED) is 0.224. The van der Waals surface area contributed by atoms with E-state index < -0.39 is 6.10 Å². The van der Waals surface area contributed by atoms with E-state index in [1.807, 2.05) is 18.2 Å². The normalized spacial score (nSPS) is 12.0. The minimum absolute atomic E-state index is 0.190. The van der Waals surface area contributed by atoms with Crippen LogP contribution < -0.4 is 11.1 Å². The second kappa shape index (κ2) is 13.0. The van der Waals surface area contributed by atoms with Crippen LogP contribution >= 0.6 is 34.8 Å². The first kappa shape index (κ1) is 24.8. The SMILES string of the molecule is Nc1ccc(C(O)CNCCCCCCOC(=O)Cc2ccccc2Cl)c(Cl)c1Cl. The lowest BCUT2D eigenvalue weighted by Crippen LogP contribution is -2.22. The van der Waals surface area contributed by atoms with Gasteiger partial charge in [-0.1, -0.05) is 71.9 Å². The Morgan fingerprint density at radius 1 is 1.03 bits per heavy atom. The van der Waals surface area contributed by atoms with Gasteiger partial charge in [0.05, 0.1) is 34.9 Å². The fraction of sp³-hybridized carbons (Fsp3) is 0.409. The summed E-state index contributed by atoms with van der Waals surface area (Å²) in [5.41, 5.74) is 7.41. The Hall–Kier alpha value is -1.50. The Kier molecular flexibility index (Phi) is 10.8. The van der Waals surface area contributed by atoms with Crippen molar-refractivity contribution in [3.63, 3.8) is 0 Å². The van der Waals surface area contributed by atoms with Gasteiger partial charge in [0.25, 0.3) is 0 Å². The number of unbranched alkanes of at least 4 members (excludes halogenated alkanes) is 3. The topological polar surface area (TPSA) is 84.6 Å². The van der Waals surface area contributed by atoms with Crippen LogP contribution in [-0.2, 0) is 16.0 Å². The molecular formula is C22H27Cl3N2O3. The van der Waals surface area contributed by atoms with Crippen molar-refractivity contribution in [3.05, 3.63) is 62.6 Å². The number of ether oxygens (including phenoxy) is 1. The molecule has 5 nitrogen and oxygen atoms in total. The van der Waals surface area contributed by atoms with Gasteiger partial charge in [0.2, 0.25) is 0 Å². The molecule has 0 amide bonds. The zero-order chi connectivity index (χ0) is 21.9. The molecule has 0 radical (unpaired) electrons. The van der Waals surface area contributed by atoms with Crippen molar-refractivity contribution in [2.24, 2.45) is 0 Å². The zero-order valence-electron chi connectivity index (χ0n) is 16.7. The van der Waals surface area contributed by atoms with Gasteiger partial charge in [-0.15, -0.1) is 0 Å². The van der Waals surface area contributed by atoms with Crippen molar-refractivity contribution in [3.8, 4) is 0 Å². The molecule has 0 aliphatic heterocycles. The van der Waals surface area contributed by atoms with Gasteiger partial charge in [0.1, 0.15) is 0 Å². The highest BCUT2D eigenvalue weighted by Gasteiger charge is 2.15. The van der Waals surface area contributed by atoms with Gasteiger partial charge in [0.15, 0.2) is 0 Å². The number of anilines is 1. The van der Waals surface area contributed by atoms with Crippen LogP contribution in [0.1, 0.15) is 42.9 Å². The summed E-state index contributed by atoms with van der Waals surface area (Å²) >= 11 is 18.2. The molecule has 8 heteroatoms. The van der Waals surface area contributed by atoms with E-state index in [4.69, 9.17) is 45.3 Å². The third-order valence-electron chi connectivity index (χ3n) is 4.64. The zero-order valence-corrected chi connectivity index (χ0v) is 18.9. The van der Waals surface area contributed by atoms with E-state index in [-0.39, 0.29) is 22.4 Å². The van der Waals surface area contributed by atoms with Crippen molar-refractivity contribution < 1.29 is 14.6 Å². The standard InChI is InChI=1S/C22H27Cl3N2O3/c23-17-8-4-3-7-15(17)13-20(29)30-12-6-2-1-5-11-27-14-19(28)16-9-10-18(26)22(25)21(16)24/h3-4,7-10,19,27-28H,1-2,5-6,11-14,26H2. The van der Waals surface area contributed by atoms with Gasteiger partial charge in [-0.25, -0.2) is 0 Å². The van der Waals surface area contributed by atoms with Crippen LogP contribution in [0, 0.1) is 0 Å². The number of nitrogens with two attached hydrogens (primary N) is 1. The number of carbonyl (C=O) groups excluding carboxylic acids is 1. The number of aliphatic hydroxyl groups is 1. The van der Waals surface area contributed by atoms with E-state index in [2.05, 4.69) is 5.32 Å². The van der Waals surface area contributed by atoms with Gasteiger partial charge >= 0.3 is 5.97 Å². The van der Waals surface area contributed by atoms with Crippen LogP contribution in [0.15, 0.2) is 36.4 Å². The van der Waals surface area contributed by atoms with Crippen molar-refractivity contribution in [2.75, 3.05) is 25.4 Å². The van der Waals surface area contributed by atoms with Gasteiger partial charge in [-0.3, -0.25) is 4.79 Å². The van der Waals surface area contributed by atoms with E-state index >= 15 is 0 Å². The molecule has 0 heterocycles. The largest absolute Gasteiger partial charge is 0.465 e. The fourth-order valence-electron chi connectivity index (χ4n) is 2.93. The fourth-order valence-corrected chi connectivity index (χ4v) is 3.60. The Morgan fingerprint density at radius 2 is 1.77 bits per heavy atom. The molecule has 0 spiro atoms. The predicted octanol–water partition coefficient (Wildman–Crippen LogP) is 5.20. The monoisotopic (exact) mass is 472 g/mol. The van der Waals surface area contributed by atoms with Crippen LogP contribution in [0.25, 0.3) is 0 Å². The first-order chi connectivity index (χ1) is 14.4. The third-order valence-corrected chi connectivity index (χ3v) is 5.92. The maximum absolute atomic E-state index is 11.8. The molecule has 1 atom stereocenters. The first-order valence-electron chi connectivity index (χ1n) is 9.91. The van der Waals surface area contributed by atoms with Crippen molar-refractivity contribution in [2.45, 2.75) is 38.2 Å². The van der Waals surface area contributed by atoms with Gasteiger partial charge in [0, 0.05) is 17.1 Å². The average molecular weight is 474 g/mol. The molecule has 1 unspecified atom stereocenters. The Balaban J connectivity index is 1.52. The van der Waals surface area contributed by atoms with Gasteiger partial charge in [-0.2, -0.15) is 0 Å². The number of hydrogen-bond acceptors (Lipinski definition) is 5. The molecule has 0 bridgehead atoms. The average Bonchev–Trinajstić information content (AvgIpc) is 2.72. The molecule has 0 aliphatic carbocycles. The number of nitrogen functional groups attached to an aromatic ring is 1. The van der Waals surface area contributed by atoms with Crippen LogP contribution in [0.5, 0.6) is 0 Å². The lowest BCUT2D eigenvalue weighted by molar-refractivity contribution is -0.142. The van der Waals surface area contributed by atoms with Crippen LogP contribution in [-0.4, -0.2) is 30.8 Å². The maximum Gasteiger partial charge on any atom is 0.310 e. The minimum atomic E-state index is -0.756. The molecule has 164 valence electrons. The number of aliphatic hydroxyl groups excluding tert-OH is 1. The second-order valence-corrected chi connectivity index (χ2v) is 8.16. The molecule has 2 rings (SSSR count). The summed E-state index contributed by atoms with van der Waals surface area (Å²) in [5, 5.41) is 14.6. The van der Waals surface area contributed by atoms with Crippen LogP contribution in [0.4, 0.5) is 5.69 Å². The van der Waals surface area contributed by atoms with E-state index in [1.54, 1.807) is 18.2 Å². The molecule has 0 aliphatic rings. The molecule has 4 N–H and O–H groups in total. The highest BCUT2D eigenvalue weighted by Crippen LogP contribution is 2.34. The van der Waals surface area contributed by atoms with Crippen molar-refractivity contribution in [1.29, 1.82) is 0 Å². The summed E-state index contributed by atoms with van der Waals surface area (Å²) < 4.78 is 5.26. The Bertz CT molecular complexity index is 833. The van der Waals surface area contributed by atoms with Crippen molar-refractivity contribution in [1.82, 2.24) is 5.32 Å². The minimum Gasteiger partial charge on any atom is -0.465 e. The number of benzene rings is 2. The molecule has 0 fully saturated rings. The Labute approximate surface area is 192 Å². The molecule has 0 aromatic heterocycles. The highest BCUT2D eigenvalue weighted by atomic mass is 35.5. The maximum atomic E-state index is 11.8. The second-order valence-electron chi connectivity index (χ2n) is 6.99. The lowest BCUT2D eigenvalue weighted by Gasteiger charge is -2.15. The number of carbonyl (C=O) groups is 1. The summed E-state index contributed by atoms with van der Waals surface area (Å²) in [6.07, 6.45) is 3.16. The van der Waals surface area contributed by atoms with Crippen molar-refractivity contribution >= 4 is 46.5 Å². The highest BCUT2D eigenvalue weighted by molar-refractivity contribution is 6.44. The summed E-state index contributed by atoms with van der Waals surface area (Å²) in [6.45, 7) is 1.55. The Morgan fingerprint density at radius 3 is 2.53 bits per heavy atom. The third kappa shape index (κ3) is 7.97. The smallest absolute Gasteiger partial charge is 0.310 e. The van der Waals surface area contributed by atoms with E-state index in [0.29, 0.717) is 29.4 Å². The summed E-state index contributed by atoms with van der Waals surface area (Å²) in [7, 11) is 0. The lowest BCUT2D eigenvalue weighted by atomic mass is 10.1. The summed E-state index contributed by atoms with van der Waals surface area (Å²) in [6, 6.07) is 10.6. The summed E-state index contributed by atoms with van der Waals surface area (Å²) in [5.74, 6) is -0.264. The van der Waals surface area contributed by atoms with Crippen LogP contribution in [0.2, 0.25) is 15.1 Å². The van der Waals surface area contributed by atoms with Gasteiger partial charge < -0.3 is 20.9 Å². The molecule has 2 aromatic rings. The number of rotatable bonds is 12. The van der Waals surface area contributed by atoms with Gasteiger partial charge in [-0.05, 0) is 37.1 Å². The number of halogens is 3. The number of hydrogen-bond donors (Lipinski definition) is 3. The van der Waals surface area contributed by atoms with Crippen LogP contribution in [0.3, 0.4) is 0 Å². The predicted molar refractivity (Wildman–Crippen MR) is 123 cm³/mol. The van der Waals surface area contributed by atoms with E-state index in [9.17, 15) is 9.90 Å². The summed E-state index contributed by atoms with van der Waals surface area (Å²) in [4.78, 5) is 11.8. The number of esters is 1. The molecule has 2 aromatic carbocycles. The van der Waals surface area contributed by atoms with E-state index in [1.165, 1.54) is 0 Å². The molecule has 0 saturated carbocycles. The molecule has 30 heavy (non-hydrogen) atoms. The number of nitrogens with one attached hydrogen (secondary N) is 1.